The van der Waals surface area contributed by atoms with Crippen molar-refractivity contribution in [3.8, 4) is 0 Å². The summed E-state index contributed by atoms with van der Waals surface area (Å²) in [6, 6.07) is 5.06. The number of unbranched alkanes of at least 4 members (excludes halogenated alkanes) is 1. The molecule has 0 amide bonds. The van der Waals surface area contributed by atoms with E-state index in [0.29, 0.717) is 0 Å². The van der Waals surface area contributed by atoms with Crippen LogP contribution in [0.4, 0.5) is 4.39 Å². The van der Waals surface area contributed by atoms with Crippen molar-refractivity contribution >= 4 is 0 Å². The Bertz CT molecular complexity index is 297. The summed E-state index contributed by atoms with van der Waals surface area (Å²) in [6.07, 6.45) is 3.40. The van der Waals surface area contributed by atoms with Crippen molar-refractivity contribution in [1.82, 2.24) is 5.32 Å². The lowest BCUT2D eigenvalue weighted by atomic mass is 10.0. The first-order valence-electron chi connectivity index (χ1n) is 5.69. The van der Waals surface area contributed by atoms with Crippen molar-refractivity contribution in [3.63, 3.8) is 0 Å². The van der Waals surface area contributed by atoms with Gasteiger partial charge in [0.2, 0.25) is 0 Å². The smallest absolute Gasteiger partial charge is 0.123 e. The zero-order chi connectivity index (χ0) is 11.1. The van der Waals surface area contributed by atoms with Gasteiger partial charge in [-0.05, 0) is 62.5 Å². The molecule has 84 valence electrons. The summed E-state index contributed by atoms with van der Waals surface area (Å²) in [6.45, 7) is 6.21. The minimum absolute atomic E-state index is 0.135. The molecule has 0 radical (unpaired) electrons. The van der Waals surface area contributed by atoms with Gasteiger partial charge in [0, 0.05) is 0 Å². The molecule has 0 saturated carbocycles. The van der Waals surface area contributed by atoms with Crippen molar-refractivity contribution in [3.05, 3.63) is 35.1 Å². The molecule has 2 heteroatoms. The van der Waals surface area contributed by atoms with E-state index in [9.17, 15) is 4.39 Å². The van der Waals surface area contributed by atoms with Gasteiger partial charge in [-0.25, -0.2) is 4.39 Å². The number of hydrogen-bond acceptors (Lipinski definition) is 1. The highest BCUT2D eigenvalue weighted by molar-refractivity contribution is 5.26. The quantitative estimate of drug-likeness (QED) is 0.710. The topological polar surface area (TPSA) is 12.0 Å². The third-order valence-corrected chi connectivity index (χ3v) is 2.60. The number of benzene rings is 1. The van der Waals surface area contributed by atoms with Gasteiger partial charge < -0.3 is 5.32 Å². The van der Waals surface area contributed by atoms with Crippen molar-refractivity contribution in [1.29, 1.82) is 0 Å². The molecule has 0 unspecified atom stereocenters. The highest BCUT2D eigenvalue weighted by Crippen LogP contribution is 2.12. The van der Waals surface area contributed by atoms with Crippen LogP contribution in [0.1, 0.15) is 30.9 Å². The average Bonchev–Trinajstić information content (AvgIpc) is 2.20. The molecule has 15 heavy (non-hydrogen) atoms. The second kappa shape index (κ2) is 6.57. The Morgan fingerprint density at radius 1 is 1.27 bits per heavy atom. The first kappa shape index (κ1) is 12.2. The van der Waals surface area contributed by atoms with Gasteiger partial charge in [-0.1, -0.05) is 13.0 Å². The van der Waals surface area contributed by atoms with Gasteiger partial charge in [-0.3, -0.25) is 0 Å². The Hall–Kier alpha value is -0.890. The predicted octanol–water partition coefficient (Wildman–Crippen LogP) is 3.07. The fourth-order valence-corrected chi connectivity index (χ4v) is 1.68. The Morgan fingerprint density at radius 2 is 2.07 bits per heavy atom. The molecule has 1 aromatic carbocycles. The molecular formula is C13H20FN. The van der Waals surface area contributed by atoms with Crippen LogP contribution in [0.15, 0.2) is 18.2 Å². The van der Waals surface area contributed by atoms with E-state index in [-0.39, 0.29) is 5.82 Å². The number of hydrogen-bond donors (Lipinski definition) is 1. The minimum Gasteiger partial charge on any atom is -0.317 e. The van der Waals surface area contributed by atoms with Crippen LogP contribution in [0.3, 0.4) is 0 Å². The van der Waals surface area contributed by atoms with E-state index in [2.05, 4.69) is 12.2 Å². The zero-order valence-electron chi connectivity index (χ0n) is 9.65. The summed E-state index contributed by atoms with van der Waals surface area (Å²) >= 11 is 0. The third kappa shape index (κ3) is 4.43. The van der Waals surface area contributed by atoms with E-state index in [1.165, 1.54) is 18.4 Å². The normalized spacial score (nSPS) is 10.6. The second-order valence-electron chi connectivity index (χ2n) is 3.88. The molecule has 1 N–H and O–H groups in total. The molecule has 0 aromatic heterocycles. The fraction of sp³-hybridized carbons (Fsp3) is 0.538. The molecule has 1 nitrogen and oxygen atoms in total. The van der Waals surface area contributed by atoms with Crippen molar-refractivity contribution in [2.24, 2.45) is 0 Å². The van der Waals surface area contributed by atoms with Crippen LogP contribution in [0.5, 0.6) is 0 Å². The van der Waals surface area contributed by atoms with E-state index in [1.54, 1.807) is 12.1 Å². The lowest BCUT2D eigenvalue weighted by Gasteiger charge is -2.06. The molecule has 0 aliphatic rings. The highest BCUT2D eigenvalue weighted by atomic mass is 19.1. The van der Waals surface area contributed by atoms with Gasteiger partial charge in [-0.2, -0.15) is 0 Å². The van der Waals surface area contributed by atoms with Gasteiger partial charge >= 0.3 is 0 Å². The monoisotopic (exact) mass is 209 g/mol. The lowest BCUT2D eigenvalue weighted by Crippen LogP contribution is -2.13. The van der Waals surface area contributed by atoms with Crippen LogP contribution in [0.2, 0.25) is 0 Å². The van der Waals surface area contributed by atoms with E-state index in [4.69, 9.17) is 0 Å². The Morgan fingerprint density at radius 3 is 2.73 bits per heavy atom. The van der Waals surface area contributed by atoms with Gasteiger partial charge in [0.15, 0.2) is 0 Å². The summed E-state index contributed by atoms with van der Waals surface area (Å²) in [5.41, 5.74) is 2.34. The molecule has 0 fully saturated rings. The largest absolute Gasteiger partial charge is 0.317 e. The summed E-state index contributed by atoms with van der Waals surface area (Å²) in [7, 11) is 0. The molecule has 0 saturated heterocycles. The Kier molecular flexibility index (Phi) is 5.33. The van der Waals surface area contributed by atoms with E-state index >= 15 is 0 Å². The number of aryl methyl sites for hydroxylation is 2. The van der Waals surface area contributed by atoms with Crippen LogP contribution < -0.4 is 5.32 Å². The predicted molar refractivity (Wildman–Crippen MR) is 62.6 cm³/mol. The molecule has 0 aliphatic heterocycles. The molecule has 0 spiro atoms. The maximum Gasteiger partial charge on any atom is 0.123 e. The van der Waals surface area contributed by atoms with Crippen LogP contribution in [0.25, 0.3) is 0 Å². The van der Waals surface area contributed by atoms with Crippen molar-refractivity contribution in [2.75, 3.05) is 13.1 Å². The fourth-order valence-electron chi connectivity index (χ4n) is 1.68. The molecule has 0 atom stereocenters. The van der Waals surface area contributed by atoms with E-state index in [0.717, 1.165) is 25.1 Å². The zero-order valence-corrected chi connectivity index (χ0v) is 9.65. The third-order valence-electron chi connectivity index (χ3n) is 2.60. The van der Waals surface area contributed by atoms with Crippen LogP contribution in [-0.4, -0.2) is 13.1 Å². The summed E-state index contributed by atoms with van der Waals surface area (Å²) in [4.78, 5) is 0. The Labute approximate surface area is 91.7 Å². The maximum absolute atomic E-state index is 12.8. The SMILES string of the molecule is CCNCCCCc1ccc(F)cc1C. The Balaban J connectivity index is 2.31. The molecule has 1 aromatic rings. The summed E-state index contributed by atoms with van der Waals surface area (Å²) < 4.78 is 12.8. The lowest BCUT2D eigenvalue weighted by molar-refractivity contribution is 0.621. The summed E-state index contributed by atoms with van der Waals surface area (Å²) in [5, 5.41) is 3.30. The van der Waals surface area contributed by atoms with E-state index < -0.39 is 0 Å². The van der Waals surface area contributed by atoms with Gasteiger partial charge in [0.1, 0.15) is 5.82 Å². The van der Waals surface area contributed by atoms with Gasteiger partial charge in [-0.15, -0.1) is 0 Å². The molecule has 0 bridgehead atoms. The maximum atomic E-state index is 12.8. The van der Waals surface area contributed by atoms with Gasteiger partial charge in [0.05, 0.1) is 0 Å². The van der Waals surface area contributed by atoms with Crippen LogP contribution in [-0.2, 0) is 6.42 Å². The van der Waals surface area contributed by atoms with Crippen molar-refractivity contribution in [2.45, 2.75) is 33.1 Å². The molecule has 0 heterocycles. The average molecular weight is 209 g/mol. The number of halogens is 1. The molecular weight excluding hydrogens is 189 g/mol. The first-order chi connectivity index (χ1) is 7.24. The minimum atomic E-state index is -0.135. The molecule has 1 rings (SSSR count). The summed E-state index contributed by atoms with van der Waals surface area (Å²) in [5.74, 6) is -0.135. The van der Waals surface area contributed by atoms with Crippen LogP contribution in [0, 0.1) is 12.7 Å². The number of nitrogens with one attached hydrogen (secondary N) is 1. The van der Waals surface area contributed by atoms with E-state index in [1.807, 2.05) is 13.0 Å². The highest BCUT2D eigenvalue weighted by Gasteiger charge is 1.99. The molecule has 0 aliphatic carbocycles. The number of rotatable bonds is 6. The first-order valence-corrected chi connectivity index (χ1v) is 5.69. The van der Waals surface area contributed by atoms with Crippen LogP contribution >= 0.6 is 0 Å². The standard InChI is InChI=1S/C13H20FN/c1-3-15-9-5-4-6-12-7-8-13(14)10-11(12)2/h7-8,10,15H,3-6,9H2,1-2H3. The second-order valence-corrected chi connectivity index (χ2v) is 3.88. The van der Waals surface area contributed by atoms with Gasteiger partial charge in [0.25, 0.3) is 0 Å². The van der Waals surface area contributed by atoms with Crippen molar-refractivity contribution < 1.29 is 4.39 Å².